The van der Waals surface area contributed by atoms with Crippen LogP contribution in [0.5, 0.6) is 0 Å². The van der Waals surface area contributed by atoms with Gasteiger partial charge in [-0.3, -0.25) is 4.98 Å². The minimum atomic E-state index is -0.284. The number of aliphatic hydroxyl groups excluding tert-OH is 1. The van der Waals surface area contributed by atoms with Crippen molar-refractivity contribution in [2.24, 2.45) is 5.41 Å². The van der Waals surface area contributed by atoms with Crippen molar-refractivity contribution in [1.82, 2.24) is 4.98 Å². The highest BCUT2D eigenvalue weighted by molar-refractivity contribution is 5.31. The standard InChI is InChI=1S/C15H21NO/c1-10(2)12-5-4-11-13(16-12)8-15(6-3-7-15)9-14(11)17/h4-5,10,14,17H,3,6-9H2,1-2H3. The minimum Gasteiger partial charge on any atom is -0.388 e. The molecule has 1 atom stereocenters. The molecule has 0 bridgehead atoms. The van der Waals surface area contributed by atoms with E-state index in [0.717, 1.165) is 29.8 Å². The maximum Gasteiger partial charge on any atom is 0.0813 e. The predicted molar refractivity (Wildman–Crippen MR) is 67.9 cm³/mol. The van der Waals surface area contributed by atoms with Crippen molar-refractivity contribution in [3.05, 3.63) is 29.1 Å². The maximum absolute atomic E-state index is 10.3. The zero-order valence-electron chi connectivity index (χ0n) is 10.7. The molecular weight excluding hydrogens is 210 g/mol. The van der Waals surface area contributed by atoms with E-state index in [1.165, 1.54) is 19.3 Å². The van der Waals surface area contributed by atoms with Gasteiger partial charge >= 0.3 is 0 Å². The van der Waals surface area contributed by atoms with Gasteiger partial charge in [-0.2, -0.15) is 0 Å². The van der Waals surface area contributed by atoms with Crippen LogP contribution in [-0.2, 0) is 6.42 Å². The van der Waals surface area contributed by atoms with Gasteiger partial charge in [-0.1, -0.05) is 26.3 Å². The van der Waals surface area contributed by atoms with Crippen molar-refractivity contribution in [3.8, 4) is 0 Å². The Bertz CT molecular complexity index is 435. The number of pyridine rings is 1. The molecule has 1 N–H and O–H groups in total. The molecule has 17 heavy (non-hydrogen) atoms. The first-order chi connectivity index (χ1) is 8.10. The average Bonchev–Trinajstić information content (AvgIpc) is 2.26. The van der Waals surface area contributed by atoms with E-state index in [1.54, 1.807) is 0 Å². The molecule has 1 heterocycles. The first-order valence-electron chi connectivity index (χ1n) is 6.77. The molecule has 0 aromatic carbocycles. The van der Waals surface area contributed by atoms with Crippen LogP contribution in [-0.4, -0.2) is 10.1 Å². The molecule has 2 aliphatic carbocycles. The van der Waals surface area contributed by atoms with Crippen LogP contribution in [0.1, 0.15) is 68.5 Å². The molecule has 1 spiro atoms. The van der Waals surface area contributed by atoms with Gasteiger partial charge in [-0.05, 0) is 43.1 Å². The van der Waals surface area contributed by atoms with Crippen molar-refractivity contribution in [3.63, 3.8) is 0 Å². The van der Waals surface area contributed by atoms with Gasteiger partial charge in [0, 0.05) is 17.0 Å². The van der Waals surface area contributed by atoms with Crippen LogP contribution in [0.15, 0.2) is 12.1 Å². The number of fused-ring (bicyclic) bond motifs is 1. The second kappa shape index (κ2) is 3.81. The molecule has 3 rings (SSSR count). The summed E-state index contributed by atoms with van der Waals surface area (Å²) in [6, 6.07) is 4.17. The van der Waals surface area contributed by atoms with Gasteiger partial charge in [0.2, 0.25) is 0 Å². The number of nitrogens with zero attached hydrogens (tertiary/aromatic N) is 1. The highest BCUT2D eigenvalue weighted by atomic mass is 16.3. The first-order valence-corrected chi connectivity index (χ1v) is 6.77. The lowest BCUT2D eigenvalue weighted by Crippen LogP contribution is -2.37. The molecule has 1 aromatic rings. The van der Waals surface area contributed by atoms with Crippen molar-refractivity contribution in [2.45, 2.75) is 58.0 Å². The molecule has 92 valence electrons. The number of hydrogen-bond donors (Lipinski definition) is 1. The molecule has 0 aliphatic heterocycles. The summed E-state index contributed by atoms with van der Waals surface area (Å²) < 4.78 is 0. The third-order valence-corrected chi connectivity index (χ3v) is 4.56. The lowest BCUT2D eigenvalue weighted by Gasteiger charge is -2.46. The topological polar surface area (TPSA) is 33.1 Å². The van der Waals surface area contributed by atoms with Gasteiger partial charge in [-0.25, -0.2) is 0 Å². The predicted octanol–water partition coefficient (Wildman–Crippen LogP) is 3.35. The summed E-state index contributed by atoms with van der Waals surface area (Å²) in [5.41, 5.74) is 3.78. The third-order valence-electron chi connectivity index (χ3n) is 4.56. The van der Waals surface area contributed by atoms with E-state index < -0.39 is 0 Å². The summed E-state index contributed by atoms with van der Waals surface area (Å²) >= 11 is 0. The molecule has 1 fully saturated rings. The summed E-state index contributed by atoms with van der Waals surface area (Å²) in [6.07, 6.45) is 5.62. The fourth-order valence-corrected chi connectivity index (χ4v) is 3.30. The van der Waals surface area contributed by atoms with Crippen LogP contribution in [0.4, 0.5) is 0 Å². The number of hydrogen-bond acceptors (Lipinski definition) is 2. The number of aromatic nitrogens is 1. The van der Waals surface area contributed by atoms with E-state index >= 15 is 0 Å². The van der Waals surface area contributed by atoms with Crippen LogP contribution in [0.3, 0.4) is 0 Å². The van der Waals surface area contributed by atoms with Gasteiger partial charge in [0.15, 0.2) is 0 Å². The van der Waals surface area contributed by atoms with E-state index in [0.29, 0.717) is 11.3 Å². The molecule has 1 unspecified atom stereocenters. The van der Waals surface area contributed by atoms with Crippen LogP contribution in [0.2, 0.25) is 0 Å². The van der Waals surface area contributed by atoms with Gasteiger partial charge in [0.1, 0.15) is 0 Å². The Morgan fingerprint density at radius 1 is 1.35 bits per heavy atom. The van der Waals surface area contributed by atoms with E-state index in [4.69, 9.17) is 4.98 Å². The van der Waals surface area contributed by atoms with E-state index in [1.807, 2.05) is 0 Å². The lowest BCUT2D eigenvalue weighted by molar-refractivity contribution is 0.0244. The summed E-state index contributed by atoms with van der Waals surface area (Å²) in [5.74, 6) is 0.469. The molecular formula is C15H21NO. The Balaban J connectivity index is 1.98. The zero-order valence-corrected chi connectivity index (χ0v) is 10.7. The van der Waals surface area contributed by atoms with E-state index in [2.05, 4.69) is 26.0 Å². The van der Waals surface area contributed by atoms with Gasteiger partial charge < -0.3 is 5.11 Å². The maximum atomic E-state index is 10.3. The monoisotopic (exact) mass is 231 g/mol. The van der Waals surface area contributed by atoms with E-state index in [9.17, 15) is 5.11 Å². The fourth-order valence-electron chi connectivity index (χ4n) is 3.30. The summed E-state index contributed by atoms with van der Waals surface area (Å²) in [5, 5.41) is 10.3. The van der Waals surface area contributed by atoms with Crippen molar-refractivity contribution >= 4 is 0 Å². The van der Waals surface area contributed by atoms with Crippen molar-refractivity contribution < 1.29 is 5.11 Å². The van der Waals surface area contributed by atoms with Crippen LogP contribution in [0, 0.1) is 5.41 Å². The van der Waals surface area contributed by atoms with Crippen LogP contribution >= 0.6 is 0 Å². The second-order valence-electron chi connectivity index (χ2n) is 6.18. The second-order valence-corrected chi connectivity index (χ2v) is 6.18. The molecule has 2 nitrogen and oxygen atoms in total. The highest BCUT2D eigenvalue weighted by Crippen LogP contribution is 2.52. The van der Waals surface area contributed by atoms with Crippen LogP contribution < -0.4 is 0 Å². The molecule has 0 saturated heterocycles. The smallest absolute Gasteiger partial charge is 0.0813 e. The van der Waals surface area contributed by atoms with Crippen molar-refractivity contribution in [2.75, 3.05) is 0 Å². The first kappa shape index (κ1) is 11.2. The van der Waals surface area contributed by atoms with Crippen molar-refractivity contribution in [1.29, 1.82) is 0 Å². The van der Waals surface area contributed by atoms with Crippen LogP contribution in [0.25, 0.3) is 0 Å². The third kappa shape index (κ3) is 1.79. The Morgan fingerprint density at radius 2 is 2.12 bits per heavy atom. The highest BCUT2D eigenvalue weighted by Gasteiger charge is 2.43. The van der Waals surface area contributed by atoms with Gasteiger partial charge in [0.25, 0.3) is 0 Å². The normalized spacial score (nSPS) is 25.8. The minimum absolute atomic E-state index is 0.284. The van der Waals surface area contributed by atoms with Gasteiger partial charge in [0.05, 0.1) is 6.10 Å². The molecule has 2 aliphatic rings. The fraction of sp³-hybridized carbons (Fsp3) is 0.667. The Morgan fingerprint density at radius 3 is 2.71 bits per heavy atom. The summed E-state index contributed by atoms with van der Waals surface area (Å²) in [6.45, 7) is 4.35. The Kier molecular flexibility index (Phi) is 2.51. The average molecular weight is 231 g/mol. The summed E-state index contributed by atoms with van der Waals surface area (Å²) in [7, 11) is 0. The molecule has 1 aromatic heterocycles. The lowest BCUT2D eigenvalue weighted by atomic mass is 9.60. The number of rotatable bonds is 1. The summed E-state index contributed by atoms with van der Waals surface area (Å²) in [4.78, 5) is 4.78. The molecule has 0 radical (unpaired) electrons. The Labute approximate surface area is 103 Å². The molecule has 0 amide bonds. The number of aliphatic hydroxyl groups is 1. The molecule has 2 heteroatoms. The molecule has 1 saturated carbocycles. The SMILES string of the molecule is CC(C)c1ccc2c(n1)CC1(CCC1)CC2O. The quantitative estimate of drug-likeness (QED) is 0.804. The van der Waals surface area contributed by atoms with E-state index in [-0.39, 0.29) is 6.10 Å². The largest absolute Gasteiger partial charge is 0.388 e. The Hall–Kier alpha value is -0.890. The van der Waals surface area contributed by atoms with Gasteiger partial charge in [-0.15, -0.1) is 0 Å². The zero-order chi connectivity index (χ0) is 12.0.